The lowest BCUT2D eigenvalue weighted by molar-refractivity contribution is -0.145. The van der Waals surface area contributed by atoms with Gasteiger partial charge in [0.25, 0.3) is 0 Å². The van der Waals surface area contributed by atoms with Gasteiger partial charge in [-0.25, -0.2) is 9.18 Å². The summed E-state index contributed by atoms with van der Waals surface area (Å²) in [7, 11) is 0. The van der Waals surface area contributed by atoms with Crippen LogP contribution in [0.15, 0.2) is 18.2 Å². The van der Waals surface area contributed by atoms with Crippen LogP contribution in [0, 0.1) is 5.82 Å². The zero-order chi connectivity index (χ0) is 12.8. The third-order valence-electron chi connectivity index (χ3n) is 2.22. The Morgan fingerprint density at radius 1 is 1.53 bits per heavy atom. The minimum Gasteiger partial charge on any atom is -0.465 e. The topological polar surface area (TPSA) is 38.3 Å². The quantitative estimate of drug-likeness (QED) is 0.827. The fourth-order valence-corrected chi connectivity index (χ4v) is 1.79. The number of ether oxygens (including phenoxy) is 1. The molecule has 0 spiro atoms. The molecule has 0 saturated heterocycles. The van der Waals surface area contributed by atoms with E-state index in [4.69, 9.17) is 16.3 Å². The van der Waals surface area contributed by atoms with E-state index in [9.17, 15) is 9.18 Å². The zero-order valence-electron chi connectivity index (χ0n) is 9.80. The maximum atomic E-state index is 13.7. The molecule has 0 aromatic heterocycles. The number of benzene rings is 1. The molecule has 94 valence electrons. The van der Waals surface area contributed by atoms with Gasteiger partial charge in [-0.15, -0.1) is 0 Å². The molecule has 0 heterocycles. The number of esters is 1. The van der Waals surface area contributed by atoms with E-state index in [1.165, 1.54) is 12.1 Å². The fourth-order valence-electron chi connectivity index (χ4n) is 1.52. The predicted octanol–water partition coefficient (Wildman–Crippen LogP) is 2.69. The zero-order valence-corrected chi connectivity index (χ0v) is 10.6. The highest BCUT2D eigenvalue weighted by Crippen LogP contribution is 2.26. The summed E-state index contributed by atoms with van der Waals surface area (Å²) < 4.78 is 18.6. The van der Waals surface area contributed by atoms with E-state index in [0.717, 1.165) is 0 Å². The van der Waals surface area contributed by atoms with Crippen molar-refractivity contribution in [1.29, 1.82) is 0 Å². The molecule has 17 heavy (non-hydrogen) atoms. The molecule has 1 aromatic carbocycles. The lowest BCUT2D eigenvalue weighted by atomic mass is 10.1. The van der Waals surface area contributed by atoms with Gasteiger partial charge in [-0.3, -0.25) is 0 Å². The molecular formula is C12H15ClFNO2. The summed E-state index contributed by atoms with van der Waals surface area (Å²) in [6.45, 7) is 4.27. The Morgan fingerprint density at radius 3 is 2.76 bits per heavy atom. The second kappa shape index (κ2) is 6.57. The van der Waals surface area contributed by atoms with Gasteiger partial charge in [-0.05, 0) is 25.6 Å². The maximum absolute atomic E-state index is 13.7. The average Bonchev–Trinajstić information content (AvgIpc) is 2.28. The van der Waals surface area contributed by atoms with Gasteiger partial charge < -0.3 is 10.1 Å². The number of carbonyl (C=O) groups excluding carboxylic acids is 1. The van der Waals surface area contributed by atoms with Crippen molar-refractivity contribution < 1.29 is 13.9 Å². The summed E-state index contributed by atoms with van der Waals surface area (Å²) in [6, 6.07) is 3.44. The van der Waals surface area contributed by atoms with E-state index in [1.54, 1.807) is 13.0 Å². The van der Waals surface area contributed by atoms with E-state index in [0.29, 0.717) is 6.54 Å². The van der Waals surface area contributed by atoms with Crippen LogP contribution in [-0.4, -0.2) is 19.1 Å². The van der Waals surface area contributed by atoms with Gasteiger partial charge in [-0.1, -0.05) is 24.6 Å². The molecule has 0 radical (unpaired) electrons. The van der Waals surface area contributed by atoms with Crippen LogP contribution in [0.25, 0.3) is 0 Å². The molecule has 1 N–H and O–H groups in total. The molecule has 3 nitrogen and oxygen atoms in total. The highest BCUT2D eigenvalue weighted by molar-refractivity contribution is 6.31. The van der Waals surface area contributed by atoms with Crippen LogP contribution in [0.1, 0.15) is 25.5 Å². The van der Waals surface area contributed by atoms with Crippen molar-refractivity contribution in [3.63, 3.8) is 0 Å². The highest BCUT2D eigenvalue weighted by atomic mass is 35.5. The van der Waals surface area contributed by atoms with Gasteiger partial charge in [0.1, 0.15) is 11.9 Å². The first-order valence-corrected chi connectivity index (χ1v) is 5.83. The summed E-state index contributed by atoms with van der Waals surface area (Å²) in [5.74, 6) is -1.04. The van der Waals surface area contributed by atoms with Crippen LogP contribution in [0.2, 0.25) is 5.02 Å². The van der Waals surface area contributed by atoms with Crippen LogP contribution in [0.5, 0.6) is 0 Å². The van der Waals surface area contributed by atoms with E-state index in [1.807, 2.05) is 6.92 Å². The van der Waals surface area contributed by atoms with Crippen LogP contribution < -0.4 is 5.32 Å². The van der Waals surface area contributed by atoms with E-state index >= 15 is 0 Å². The third-order valence-corrected chi connectivity index (χ3v) is 2.55. The molecule has 0 amide bonds. The maximum Gasteiger partial charge on any atom is 0.327 e. The van der Waals surface area contributed by atoms with Gasteiger partial charge in [0, 0.05) is 10.6 Å². The van der Waals surface area contributed by atoms with Gasteiger partial charge in [0.2, 0.25) is 0 Å². The second-order valence-electron chi connectivity index (χ2n) is 3.38. The molecule has 1 aromatic rings. The number of nitrogens with one attached hydrogen (secondary N) is 1. The number of likely N-dealkylation sites (N-methyl/N-ethyl adjacent to an activating group) is 1. The van der Waals surface area contributed by atoms with Crippen LogP contribution in [0.4, 0.5) is 4.39 Å². The monoisotopic (exact) mass is 259 g/mol. The summed E-state index contributed by atoms with van der Waals surface area (Å²) in [5.41, 5.74) is 0.134. The van der Waals surface area contributed by atoms with Crippen LogP contribution >= 0.6 is 11.6 Å². The SMILES string of the molecule is CCNC(C(=O)OCC)c1c(F)cccc1Cl. The first-order valence-electron chi connectivity index (χ1n) is 5.45. The smallest absolute Gasteiger partial charge is 0.327 e. The van der Waals surface area contributed by atoms with Crippen LogP contribution in [0.3, 0.4) is 0 Å². The standard InChI is InChI=1S/C12H15ClFNO2/c1-3-15-11(12(16)17-4-2)10-8(13)6-5-7-9(10)14/h5-7,11,15H,3-4H2,1-2H3. The number of carbonyl (C=O) groups is 1. The predicted molar refractivity (Wildman–Crippen MR) is 64.5 cm³/mol. The minimum atomic E-state index is -0.867. The summed E-state index contributed by atoms with van der Waals surface area (Å²) in [4.78, 5) is 11.7. The van der Waals surface area contributed by atoms with Crippen LogP contribution in [-0.2, 0) is 9.53 Å². The number of hydrogen-bond acceptors (Lipinski definition) is 3. The molecule has 0 fully saturated rings. The minimum absolute atomic E-state index is 0.134. The molecule has 5 heteroatoms. The van der Waals surface area contributed by atoms with Gasteiger partial charge in [0.15, 0.2) is 0 Å². The number of hydrogen-bond donors (Lipinski definition) is 1. The molecular weight excluding hydrogens is 245 g/mol. The van der Waals surface area contributed by atoms with Crippen molar-refractivity contribution in [3.8, 4) is 0 Å². The molecule has 0 bridgehead atoms. The summed E-state index contributed by atoms with van der Waals surface area (Å²) in [5, 5.41) is 3.08. The van der Waals surface area contributed by atoms with E-state index in [-0.39, 0.29) is 17.2 Å². The Kier molecular flexibility index (Phi) is 5.38. The molecule has 1 unspecified atom stereocenters. The Labute approximate surface area is 105 Å². The Bertz CT molecular complexity index is 378. The van der Waals surface area contributed by atoms with Gasteiger partial charge >= 0.3 is 5.97 Å². The lowest BCUT2D eigenvalue weighted by Crippen LogP contribution is -2.31. The molecule has 0 aliphatic carbocycles. The molecule has 0 aliphatic rings. The number of halogens is 2. The van der Waals surface area contributed by atoms with Gasteiger partial charge in [0.05, 0.1) is 6.61 Å². The van der Waals surface area contributed by atoms with Crippen molar-refractivity contribution in [3.05, 3.63) is 34.6 Å². The fraction of sp³-hybridized carbons (Fsp3) is 0.417. The first kappa shape index (κ1) is 13.9. The molecule has 1 rings (SSSR count). The van der Waals surface area contributed by atoms with Crippen molar-refractivity contribution in [2.24, 2.45) is 0 Å². The average molecular weight is 260 g/mol. The van der Waals surface area contributed by atoms with Gasteiger partial charge in [-0.2, -0.15) is 0 Å². The molecule has 0 aliphatic heterocycles. The Hall–Kier alpha value is -1.13. The van der Waals surface area contributed by atoms with Crippen molar-refractivity contribution in [2.75, 3.05) is 13.2 Å². The van der Waals surface area contributed by atoms with Crippen molar-refractivity contribution in [1.82, 2.24) is 5.32 Å². The second-order valence-corrected chi connectivity index (χ2v) is 3.79. The molecule has 0 saturated carbocycles. The number of rotatable bonds is 5. The normalized spacial score (nSPS) is 12.2. The van der Waals surface area contributed by atoms with Crippen molar-refractivity contribution >= 4 is 17.6 Å². The summed E-state index contributed by atoms with van der Waals surface area (Å²) >= 11 is 5.92. The largest absolute Gasteiger partial charge is 0.465 e. The Balaban J connectivity index is 3.09. The highest BCUT2D eigenvalue weighted by Gasteiger charge is 2.26. The van der Waals surface area contributed by atoms with E-state index in [2.05, 4.69) is 5.32 Å². The summed E-state index contributed by atoms with van der Waals surface area (Å²) in [6.07, 6.45) is 0. The lowest BCUT2D eigenvalue weighted by Gasteiger charge is -2.18. The first-order chi connectivity index (χ1) is 8.11. The van der Waals surface area contributed by atoms with Crippen molar-refractivity contribution in [2.45, 2.75) is 19.9 Å². The molecule has 1 atom stereocenters. The van der Waals surface area contributed by atoms with E-state index < -0.39 is 17.8 Å². The Morgan fingerprint density at radius 2 is 2.24 bits per heavy atom. The third kappa shape index (κ3) is 3.41.